The Balaban J connectivity index is 2.21. The van der Waals surface area contributed by atoms with Crippen molar-refractivity contribution in [3.05, 3.63) is 58.1 Å². The summed E-state index contributed by atoms with van der Waals surface area (Å²) in [6, 6.07) is 12.2. The van der Waals surface area contributed by atoms with Crippen LogP contribution in [0.1, 0.15) is 5.56 Å². The van der Waals surface area contributed by atoms with Crippen molar-refractivity contribution in [1.82, 2.24) is 0 Å². The Bertz CT molecular complexity index is 601. The van der Waals surface area contributed by atoms with Gasteiger partial charge in [0, 0.05) is 20.6 Å². The molecule has 0 fully saturated rings. The molecule has 2 aromatic rings. The van der Waals surface area contributed by atoms with Crippen molar-refractivity contribution in [3.63, 3.8) is 0 Å². The van der Waals surface area contributed by atoms with Crippen LogP contribution in [0.25, 0.3) is 0 Å². The van der Waals surface area contributed by atoms with E-state index in [1.165, 1.54) is 0 Å². The third kappa shape index (κ3) is 3.25. The second-order valence-electron chi connectivity index (χ2n) is 3.79. The van der Waals surface area contributed by atoms with Crippen molar-refractivity contribution in [1.29, 1.82) is 0 Å². The van der Waals surface area contributed by atoms with Crippen LogP contribution in [0.4, 0.5) is 5.69 Å². The van der Waals surface area contributed by atoms with E-state index in [0.717, 1.165) is 5.56 Å². The molecule has 1 atom stereocenters. The zero-order chi connectivity index (χ0) is 13.1. The third-order valence-corrected chi connectivity index (χ3v) is 4.28. The minimum Gasteiger partial charge on any atom is -0.398 e. The first-order valence-electron chi connectivity index (χ1n) is 5.24. The van der Waals surface area contributed by atoms with Crippen molar-refractivity contribution in [2.75, 3.05) is 5.73 Å². The van der Waals surface area contributed by atoms with Gasteiger partial charge in [-0.1, -0.05) is 35.3 Å². The summed E-state index contributed by atoms with van der Waals surface area (Å²) in [6.07, 6.45) is 0. The molecular formula is C13H11Cl2NOS. The van der Waals surface area contributed by atoms with Gasteiger partial charge in [0.25, 0.3) is 0 Å². The van der Waals surface area contributed by atoms with Crippen molar-refractivity contribution >= 4 is 39.7 Å². The smallest absolute Gasteiger partial charge is 0.0575 e. The van der Waals surface area contributed by atoms with Crippen LogP contribution in [0.15, 0.2) is 47.4 Å². The minimum atomic E-state index is -1.17. The van der Waals surface area contributed by atoms with Gasteiger partial charge in [-0.25, -0.2) is 0 Å². The zero-order valence-electron chi connectivity index (χ0n) is 9.40. The van der Waals surface area contributed by atoms with Crippen LogP contribution in [0.2, 0.25) is 10.0 Å². The standard InChI is InChI=1S/C13H11Cl2NOS/c14-10-2-1-3-12(6-10)18(17)8-9-4-5-11(15)7-13(9)16/h1-7H,8,16H2. The number of hydrogen-bond donors (Lipinski definition) is 1. The highest BCUT2D eigenvalue weighted by molar-refractivity contribution is 7.84. The van der Waals surface area contributed by atoms with E-state index in [9.17, 15) is 4.21 Å². The number of rotatable bonds is 3. The number of benzene rings is 2. The summed E-state index contributed by atoms with van der Waals surface area (Å²) >= 11 is 11.7. The maximum Gasteiger partial charge on any atom is 0.0575 e. The molecule has 0 aliphatic rings. The average molecular weight is 300 g/mol. The number of nitrogens with two attached hydrogens (primary N) is 1. The summed E-state index contributed by atoms with van der Waals surface area (Å²) in [5.74, 6) is 0.351. The second-order valence-corrected chi connectivity index (χ2v) is 6.11. The van der Waals surface area contributed by atoms with E-state index in [4.69, 9.17) is 28.9 Å². The molecule has 0 saturated carbocycles. The van der Waals surface area contributed by atoms with Gasteiger partial charge in [0.1, 0.15) is 0 Å². The number of anilines is 1. The van der Waals surface area contributed by atoms with Crippen LogP contribution >= 0.6 is 23.2 Å². The molecule has 0 bridgehead atoms. The Morgan fingerprint density at radius 1 is 1.06 bits per heavy atom. The first-order valence-corrected chi connectivity index (χ1v) is 7.31. The lowest BCUT2D eigenvalue weighted by Crippen LogP contribution is -2.00. The van der Waals surface area contributed by atoms with Crippen LogP contribution in [-0.2, 0) is 16.6 Å². The highest BCUT2D eigenvalue weighted by atomic mass is 35.5. The van der Waals surface area contributed by atoms with Crippen LogP contribution in [-0.4, -0.2) is 4.21 Å². The summed E-state index contributed by atoms with van der Waals surface area (Å²) in [6.45, 7) is 0. The fourth-order valence-corrected chi connectivity index (χ4v) is 3.17. The van der Waals surface area contributed by atoms with Crippen LogP contribution in [0, 0.1) is 0 Å². The van der Waals surface area contributed by atoms with Gasteiger partial charge in [0.05, 0.1) is 16.6 Å². The molecule has 2 N–H and O–H groups in total. The third-order valence-electron chi connectivity index (χ3n) is 2.45. The van der Waals surface area contributed by atoms with E-state index in [0.29, 0.717) is 26.4 Å². The molecule has 0 aliphatic carbocycles. The largest absolute Gasteiger partial charge is 0.398 e. The maximum absolute atomic E-state index is 12.2. The van der Waals surface area contributed by atoms with Gasteiger partial charge in [-0.3, -0.25) is 4.21 Å². The summed E-state index contributed by atoms with van der Waals surface area (Å²) in [5, 5.41) is 1.15. The summed E-state index contributed by atoms with van der Waals surface area (Å²) < 4.78 is 12.2. The summed E-state index contributed by atoms with van der Waals surface area (Å²) in [7, 11) is -1.17. The number of nitrogen functional groups attached to an aromatic ring is 1. The molecular weight excluding hydrogens is 289 g/mol. The van der Waals surface area contributed by atoms with Crippen LogP contribution in [0.3, 0.4) is 0 Å². The van der Waals surface area contributed by atoms with Gasteiger partial charge in [-0.15, -0.1) is 0 Å². The SMILES string of the molecule is Nc1cc(Cl)ccc1CS(=O)c1cccc(Cl)c1. The zero-order valence-corrected chi connectivity index (χ0v) is 11.7. The van der Waals surface area contributed by atoms with E-state index < -0.39 is 10.8 Å². The average Bonchev–Trinajstić information content (AvgIpc) is 2.32. The van der Waals surface area contributed by atoms with Crippen molar-refractivity contribution in [2.45, 2.75) is 10.6 Å². The van der Waals surface area contributed by atoms with Gasteiger partial charge in [-0.05, 0) is 35.9 Å². The predicted octanol–water partition coefficient (Wildman–Crippen LogP) is 3.88. The quantitative estimate of drug-likeness (QED) is 0.874. The Labute approximate surface area is 118 Å². The summed E-state index contributed by atoms with van der Waals surface area (Å²) in [4.78, 5) is 0.692. The molecule has 0 amide bonds. The molecule has 2 aromatic carbocycles. The molecule has 0 aliphatic heterocycles. The molecule has 0 aromatic heterocycles. The number of hydrogen-bond acceptors (Lipinski definition) is 2. The maximum atomic E-state index is 12.2. The molecule has 1 unspecified atom stereocenters. The van der Waals surface area contributed by atoms with E-state index in [1.807, 2.05) is 0 Å². The van der Waals surface area contributed by atoms with Crippen LogP contribution in [0.5, 0.6) is 0 Å². The first kappa shape index (κ1) is 13.4. The highest BCUT2D eigenvalue weighted by Crippen LogP contribution is 2.22. The molecule has 2 nitrogen and oxygen atoms in total. The van der Waals surface area contributed by atoms with Gasteiger partial charge in [-0.2, -0.15) is 0 Å². The Kier molecular flexibility index (Phi) is 4.27. The normalized spacial score (nSPS) is 12.3. The lowest BCUT2D eigenvalue weighted by Gasteiger charge is -2.06. The van der Waals surface area contributed by atoms with Crippen molar-refractivity contribution in [2.24, 2.45) is 0 Å². The van der Waals surface area contributed by atoms with Gasteiger partial charge < -0.3 is 5.73 Å². The fourth-order valence-electron chi connectivity index (χ4n) is 1.53. The molecule has 18 heavy (non-hydrogen) atoms. The second kappa shape index (κ2) is 5.74. The van der Waals surface area contributed by atoms with Gasteiger partial charge in [0.15, 0.2) is 0 Å². The molecule has 94 valence electrons. The van der Waals surface area contributed by atoms with Crippen molar-refractivity contribution < 1.29 is 4.21 Å². The lowest BCUT2D eigenvalue weighted by molar-refractivity contribution is 0.682. The first-order chi connectivity index (χ1) is 8.56. The predicted molar refractivity (Wildman–Crippen MR) is 77.4 cm³/mol. The highest BCUT2D eigenvalue weighted by Gasteiger charge is 2.08. The molecule has 0 radical (unpaired) electrons. The Hall–Kier alpha value is -1.03. The van der Waals surface area contributed by atoms with E-state index in [1.54, 1.807) is 42.5 Å². The van der Waals surface area contributed by atoms with E-state index in [-0.39, 0.29) is 0 Å². The van der Waals surface area contributed by atoms with E-state index in [2.05, 4.69) is 0 Å². The van der Waals surface area contributed by atoms with Crippen LogP contribution < -0.4 is 5.73 Å². The Morgan fingerprint density at radius 2 is 1.78 bits per heavy atom. The van der Waals surface area contributed by atoms with Crippen molar-refractivity contribution in [3.8, 4) is 0 Å². The monoisotopic (exact) mass is 299 g/mol. The molecule has 2 rings (SSSR count). The lowest BCUT2D eigenvalue weighted by atomic mass is 10.2. The summed E-state index contributed by atoms with van der Waals surface area (Å²) in [5.41, 5.74) is 7.20. The Morgan fingerprint density at radius 3 is 2.44 bits per heavy atom. The van der Waals surface area contributed by atoms with Gasteiger partial charge >= 0.3 is 0 Å². The topological polar surface area (TPSA) is 43.1 Å². The molecule has 0 saturated heterocycles. The number of halogens is 2. The van der Waals surface area contributed by atoms with Gasteiger partial charge in [0.2, 0.25) is 0 Å². The van der Waals surface area contributed by atoms with E-state index >= 15 is 0 Å². The fraction of sp³-hybridized carbons (Fsp3) is 0.0769. The molecule has 0 heterocycles. The molecule has 0 spiro atoms. The molecule has 5 heteroatoms. The minimum absolute atomic E-state index is 0.351.